The molecule has 0 unspecified atom stereocenters. The molecular formula is C20H17ClN6O4S. The van der Waals surface area contributed by atoms with Crippen LogP contribution < -0.4 is 10.1 Å². The number of nitrogens with zero attached hydrogens (tertiary/aromatic N) is 5. The van der Waals surface area contributed by atoms with Crippen LogP contribution in [0.25, 0.3) is 16.1 Å². The quantitative estimate of drug-likeness (QED) is 0.333. The van der Waals surface area contributed by atoms with Gasteiger partial charge in [-0.1, -0.05) is 22.9 Å². The van der Waals surface area contributed by atoms with Gasteiger partial charge < -0.3 is 9.47 Å². The molecule has 4 heterocycles. The first kappa shape index (κ1) is 21.7. The van der Waals surface area contributed by atoms with E-state index >= 15 is 0 Å². The molecule has 32 heavy (non-hydrogen) atoms. The molecule has 1 amide bonds. The van der Waals surface area contributed by atoms with Gasteiger partial charge in [0, 0.05) is 23.0 Å². The first-order valence-corrected chi connectivity index (χ1v) is 10.6. The van der Waals surface area contributed by atoms with Crippen LogP contribution in [0.15, 0.2) is 30.7 Å². The van der Waals surface area contributed by atoms with Crippen molar-refractivity contribution in [2.24, 2.45) is 0 Å². The third-order valence-corrected chi connectivity index (χ3v) is 5.42. The van der Waals surface area contributed by atoms with Gasteiger partial charge in [0.15, 0.2) is 5.69 Å². The van der Waals surface area contributed by atoms with Gasteiger partial charge in [-0.25, -0.2) is 19.3 Å². The zero-order chi connectivity index (χ0) is 22.8. The number of anilines is 1. The van der Waals surface area contributed by atoms with E-state index in [9.17, 15) is 9.59 Å². The Bertz CT molecular complexity index is 1300. The Labute approximate surface area is 191 Å². The number of pyridine rings is 2. The minimum Gasteiger partial charge on any atom is -0.494 e. The Morgan fingerprint density at radius 1 is 1.22 bits per heavy atom. The van der Waals surface area contributed by atoms with E-state index in [1.165, 1.54) is 30.2 Å². The molecule has 164 valence electrons. The number of esters is 1. The van der Waals surface area contributed by atoms with Crippen molar-refractivity contribution >= 4 is 44.9 Å². The summed E-state index contributed by atoms with van der Waals surface area (Å²) in [6, 6.07) is 3.39. The summed E-state index contributed by atoms with van der Waals surface area (Å²) in [7, 11) is 1.51. The maximum absolute atomic E-state index is 13.1. The summed E-state index contributed by atoms with van der Waals surface area (Å²) >= 11 is 7.20. The molecule has 0 aromatic carbocycles. The molecule has 0 aliphatic heterocycles. The second-order valence-corrected chi connectivity index (χ2v) is 7.86. The number of nitrogens with one attached hydrogen (secondary N) is 1. The Hall–Kier alpha value is -3.57. The van der Waals surface area contributed by atoms with Crippen LogP contribution in [0.3, 0.4) is 0 Å². The Morgan fingerprint density at radius 3 is 2.75 bits per heavy atom. The first-order valence-electron chi connectivity index (χ1n) is 9.40. The van der Waals surface area contributed by atoms with Crippen LogP contribution in [0, 0.1) is 6.92 Å². The summed E-state index contributed by atoms with van der Waals surface area (Å²) in [5, 5.41) is 7.59. The molecule has 0 aliphatic rings. The van der Waals surface area contributed by atoms with Crippen LogP contribution in [0.4, 0.5) is 5.13 Å². The standard InChI is InChI=1S/C20H17ClN6O4S/c1-4-31-18(29)14-9-27-20(24-14)32-19(26-27)25-17(28)13-7-22-10(2)5-11(13)12-6-16(21)23-8-15(12)30-3/h5-9H,4H2,1-3H3,(H,25,26,28). The molecule has 1 N–H and O–H groups in total. The predicted molar refractivity (Wildman–Crippen MR) is 119 cm³/mol. The first-order chi connectivity index (χ1) is 15.4. The Balaban J connectivity index is 1.65. The molecular weight excluding hydrogens is 456 g/mol. The number of methoxy groups -OCH3 is 1. The van der Waals surface area contributed by atoms with Gasteiger partial charge in [-0.3, -0.25) is 15.1 Å². The van der Waals surface area contributed by atoms with Crippen LogP contribution >= 0.6 is 22.9 Å². The fourth-order valence-electron chi connectivity index (χ4n) is 2.97. The summed E-state index contributed by atoms with van der Waals surface area (Å²) in [4.78, 5) is 37.8. The molecule has 10 nitrogen and oxygen atoms in total. The van der Waals surface area contributed by atoms with Gasteiger partial charge in [0.25, 0.3) is 5.91 Å². The van der Waals surface area contributed by atoms with Gasteiger partial charge in [-0.2, -0.15) is 0 Å². The van der Waals surface area contributed by atoms with E-state index < -0.39 is 11.9 Å². The van der Waals surface area contributed by atoms with Crippen LogP contribution in [0.1, 0.15) is 33.5 Å². The molecule has 0 saturated carbocycles. The van der Waals surface area contributed by atoms with Gasteiger partial charge >= 0.3 is 5.97 Å². The number of halogens is 1. The number of carbonyl (C=O) groups is 2. The Kier molecular flexibility index (Phi) is 6.01. The highest BCUT2D eigenvalue weighted by Gasteiger charge is 2.20. The number of amides is 1. The third kappa shape index (κ3) is 4.25. The molecule has 0 spiro atoms. The summed E-state index contributed by atoms with van der Waals surface area (Å²) < 4.78 is 11.7. The molecule has 0 saturated heterocycles. The molecule has 0 atom stereocenters. The predicted octanol–water partition coefficient (Wildman–Crippen LogP) is 3.65. The molecule has 0 bridgehead atoms. The smallest absolute Gasteiger partial charge is 0.358 e. The number of rotatable bonds is 6. The van der Waals surface area contributed by atoms with Crippen molar-refractivity contribution in [3.05, 3.63) is 52.8 Å². The lowest BCUT2D eigenvalue weighted by molar-refractivity contribution is 0.0520. The fraction of sp³-hybridized carbons (Fsp3) is 0.200. The van der Waals surface area contributed by atoms with Gasteiger partial charge in [0.2, 0.25) is 10.1 Å². The lowest BCUT2D eigenvalue weighted by atomic mass is 10.0. The molecule has 0 radical (unpaired) electrons. The van der Waals surface area contributed by atoms with Crippen LogP contribution in [-0.4, -0.2) is 50.2 Å². The van der Waals surface area contributed by atoms with Gasteiger partial charge in [0.05, 0.1) is 31.7 Å². The molecule has 0 fully saturated rings. The number of fused-ring (bicyclic) bond motifs is 1. The second-order valence-electron chi connectivity index (χ2n) is 6.51. The molecule has 4 aromatic heterocycles. The van der Waals surface area contributed by atoms with Gasteiger partial charge in [-0.05, 0) is 26.0 Å². The minimum absolute atomic E-state index is 0.148. The van der Waals surface area contributed by atoms with E-state index in [-0.39, 0.29) is 17.5 Å². The summed E-state index contributed by atoms with van der Waals surface area (Å²) in [5.74, 6) is -0.491. The summed E-state index contributed by atoms with van der Waals surface area (Å²) in [6.07, 6.45) is 4.42. The second kappa shape index (κ2) is 8.89. The highest BCUT2D eigenvalue weighted by atomic mass is 35.5. The van der Waals surface area contributed by atoms with E-state index in [1.807, 2.05) is 6.92 Å². The van der Waals surface area contributed by atoms with Crippen LogP contribution in [0.5, 0.6) is 5.75 Å². The molecule has 12 heteroatoms. The number of aryl methyl sites for hydroxylation is 1. The molecule has 4 aromatic rings. The van der Waals surface area contributed by atoms with Crippen molar-refractivity contribution in [1.82, 2.24) is 24.6 Å². The number of aromatic nitrogens is 5. The van der Waals surface area contributed by atoms with E-state index in [2.05, 4.69) is 25.4 Å². The van der Waals surface area contributed by atoms with E-state index in [4.69, 9.17) is 21.1 Å². The normalized spacial score (nSPS) is 10.9. The van der Waals surface area contributed by atoms with Crippen molar-refractivity contribution in [1.29, 1.82) is 0 Å². The van der Waals surface area contributed by atoms with Crippen molar-refractivity contribution < 1.29 is 19.1 Å². The molecule has 4 rings (SSSR count). The van der Waals surface area contributed by atoms with Crippen molar-refractivity contribution in [2.45, 2.75) is 13.8 Å². The average Bonchev–Trinajstić information content (AvgIpc) is 3.32. The third-order valence-electron chi connectivity index (χ3n) is 4.38. The number of hydrogen-bond donors (Lipinski definition) is 1. The van der Waals surface area contributed by atoms with E-state index in [0.29, 0.717) is 38.2 Å². The highest BCUT2D eigenvalue weighted by molar-refractivity contribution is 7.20. The number of carbonyl (C=O) groups excluding carboxylic acids is 2. The van der Waals surface area contributed by atoms with E-state index in [0.717, 1.165) is 11.3 Å². The zero-order valence-electron chi connectivity index (χ0n) is 17.2. The maximum atomic E-state index is 13.1. The summed E-state index contributed by atoms with van der Waals surface area (Å²) in [5.41, 5.74) is 2.36. The van der Waals surface area contributed by atoms with Gasteiger partial charge in [0.1, 0.15) is 10.9 Å². The van der Waals surface area contributed by atoms with E-state index in [1.54, 1.807) is 19.1 Å². The van der Waals surface area contributed by atoms with Crippen molar-refractivity contribution in [3.63, 3.8) is 0 Å². The highest BCUT2D eigenvalue weighted by Crippen LogP contribution is 2.34. The largest absolute Gasteiger partial charge is 0.494 e. The minimum atomic E-state index is -0.531. The van der Waals surface area contributed by atoms with Crippen molar-refractivity contribution in [3.8, 4) is 16.9 Å². The number of hydrogen-bond acceptors (Lipinski definition) is 9. The van der Waals surface area contributed by atoms with Crippen molar-refractivity contribution in [2.75, 3.05) is 19.0 Å². The number of ether oxygens (including phenoxy) is 2. The lowest BCUT2D eigenvalue weighted by Crippen LogP contribution is -2.14. The molecule has 0 aliphatic carbocycles. The average molecular weight is 473 g/mol. The maximum Gasteiger partial charge on any atom is 0.358 e. The topological polar surface area (TPSA) is 121 Å². The monoisotopic (exact) mass is 472 g/mol. The van der Waals surface area contributed by atoms with Gasteiger partial charge in [-0.15, -0.1) is 5.10 Å². The summed E-state index contributed by atoms with van der Waals surface area (Å²) in [6.45, 7) is 3.78. The van der Waals surface area contributed by atoms with Crippen LogP contribution in [-0.2, 0) is 4.74 Å². The zero-order valence-corrected chi connectivity index (χ0v) is 18.8. The Morgan fingerprint density at radius 2 is 2.03 bits per heavy atom. The van der Waals surface area contributed by atoms with Crippen LogP contribution in [0.2, 0.25) is 5.15 Å². The fourth-order valence-corrected chi connectivity index (χ4v) is 3.91. The SMILES string of the molecule is CCOC(=O)c1cn2nc(NC(=O)c3cnc(C)cc3-c3cc(Cl)ncc3OC)sc2n1. The number of imidazole rings is 1. The lowest BCUT2D eigenvalue weighted by Gasteiger charge is -2.13.